The maximum atomic E-state index is 12.5. The lowest BCUT2D eigenvalue weighted by atomic mass is 9.98. The number of nitrogens with zero attached hydrogens (tertiary/aromatic N) is 3. The molecule has 1 atom stereocenters. The molecule has 2 aromatic rings. The molecule has 0 radical (unpaired) electrons. The lowest BCUT2D eigenvalue weighted by Gasteiger charge is -2.32. The molecule has 3 rings (SSSR count). The third-order valence-corrected chi connectivity index (χ3v) is 5.78. The molecule has 1 aliphatic rings. The fourth-order valence-corrected chi connectivity index (χ4v) is 4.08. The summed E-state index contributed by atoms with van der Waals surface area (Å²) in [4.78, 5) is 24.5. The SMILES string of the molecule is Cc1nc(C2CCCN(C(=O)CCc3ccncc3)C2)sc1C. The second-order valence-electron chi connectivity index (χ2n) is 6.23. The molecule has 0 aromatic carbocycles. The van der Waals surface area contributed by atoms with Crippen molar-refractivity contribution in [2.45, 2.75) is 45.4 Å². The van der Waals surface area contributed by atoms with Crippen LogP contribution in [0.2, 0.25) is 0 Å². The normalized spacial score (nSPS) is 18.2. The second kappa shape index (κ2) is 7.21. The summed E-state index contributed by atoms with van der Waals surface area (Å²) in [7, 11) is 0. The highest BCUT2D eigenvalue weighted by Gasteiger charge is 2.26. The zero-order chi connectivity index (χ0) is 16.2. The predicted molar refractivity (Wildman–Crippen MR) is 92.7 cm³/mol. The minimum absolute atomic E-state index is 0.261. The van der Waals surface area contributed by atoms with Gasteiger partial charge in [0.2, 0.25) is 5.91 Å². The Hall–Kier alpha value is -1.75. The minimum Gasteiger partial charge on any atom is -0.342 e. The summed E-state index contributed by atoms with van der Waals surface area (Å²) in [6, 6.07) is 3.96. The average Bonchev–Trinajstić information content (AvgIpc) is 2.93. The van der Waals surface area contributed by atoms with Crippen molar-refractivity contribution in [3.8, 4) is 0 Å². The molecule has 1 unspecified atom stereocenters. The van der Waals surface area contributed by atoms with Crippen molar-refractivity contribution in [3.05, 3.63) is 45.7 Å². The first kappa shape index (κ1) is 16.1. The van der Waals surface area contributed by atoms with Crippen LogP contribution in [0.4, 0.5) is 0 Å². The Kier molecular flexibility index (Phi) is 5.06. The molecule has 1 saturated heterocycles. The first-order valence-corrected chi connectivity index (χ1v) is 9.05. The number of carbonyl (C=O) groups excluding carboxylic acids is 1. The number of rotatable bonds is 4. The predicted octanol–water partition coefficient (Wildman–Crippen LogP) is 3.49. The highest BCUT2D eigenvalue weighted by atomic mass is 32.1. The van der Waals surface area contributed by atoms with Crippen molar-refractivity contribution in [3.63, 3.8) is 0 Å². The lowest BCUT2D eigenvalue weighted by Crippen LogP contribution is -2.39. The van der Waals surface area contributed by atoms with E-state index in [-0.39, 0.29) is 5.91 Å². The summed E-state index contributed by atoms with van der Waals surface area (Å²) in [6.45, 7) is 5.89. The fraction of sp³-hybridized carbons (Fsp3) is 0.500. The molecule has 1 aliphatic heterocycles. The number of likely N-dealkylation sites (tertiary alicyclic amines) is 1. The van der Waals surface area contributed by atoms with Crippen molar-refractivity contribution < 1.29 is 4.79 Å². The number of hydrogen-bond acceptors (Lipinski definition) is 4. The van der Waals surface area contributed by atoms with Gasteiger partial charge in [-0.3, -0.25) is 9.78 Å². The molecular weight excluding hydrogens is 306 g/mol. The molecule has 5 heteroatoms. The molecular formula is C18H23N3OS. The van der Waals surface area contributed by atoms with E-state index in [1.807, 2.05) is 17.0 Å². The molecule has 23 heavy (non-hydrogen) atoms. The summed E-state index contributed by atoms with van der Waals surface area (Å²) in [5.74, 6) is 0.669. The maximum absolute atomic E-state index is 12.5. The van der Waals surface area contributed by atoms with Crippen LogP contribution in [0.5, 0.6) is 0 Å². The van der Waals surface area contributed by atoms with Gasteiger partial charge >= 0.3 is 0 Å². The number of aromatic nitrogens is 2. The third-order valence-electron chi connectivity index (χ3n) is 4.55. The van der Waals surface area contributed by atoms with E-state index in [0.29, 0.717) is 12.3 Å². The van der Waals surface area contributed by atoms with Gasteiger partial charge in [-0.25, -0.2) is 4.98 Å². The number of hydrogen-bond donors (Lipinski definition) is 0. The zero-order valence-electron chi connectivity index (χ0n) is 13.8. The van der Waals surface area contributed by atoms with Crippen molar-refractivity contribution in [2.24, 2.45) is 0 Å². The van der Waals surface area contributed by atoms with E-state index < -0.39 is 0 Å². The first-order valence-electron chi connectivity index (χ1n) is 8.24. The van der Waals surface area contributed by atoms with Gasteiger partial charge in [0.15, 0.2) is 0 Å². The number of pyridine rings is 1. The van der Waals surface area contributed by atoms with Gasteiger partial charge in [0.25, 0.3) is 0 Å². The van der Waals surface area contributed by atoms with Gasteiger partial charge in [0.1, 0.15) is 0 Å². The van der Waals surface area contributed by atoms with E-state index in [1.165, 1.54) is 15.4 Å². The van der Waals surface area contributed by atoms with Gasteiger partial charge < -0.3 is 4.90 Å². The van der Waals surface area contributed by atoms with Gasteiger partial charge in [0.05, 0.1) is 10.7 Å². The van der Waals surface area contributed by atoms with E-state index in [1.54, 1.807) is 23.7 Å². The Labute approximate surface area is 141 Å². The van der Waals surface area contributed by atoms with Crippen molar-refractivity contribution in [1.29, 1.82) is 0 Å². The maximum Gasteiger partial charge on any atom is 0.222 e. The largest absolute Gasteiger partial charge is 0.342 e. The molecule has 0 saturated carbocycles. The molecule has 1 amide bonds. The molecule has 4 nitrogen and oxygen atoms in total. The van der Waals surface area contributed by atoms with E-state index in [2.05, 4.69) is 18.8 Å². The molecule has 122 valence electrons. The van der Waals surface area contributed by atoms with Crippen molar-refractivity contribution in [1.82, 2.24) is 14.9 Å². The van der Waals surface area contributed by atoms with E-state index >= 15 is 0 Å². The smallest absolute Gasteiger partial charge is 0.222 e. The number of thiazole rings is 1. The van der Waals surface area contributed by atoms with Crippen LogP contribution in [0.3, 0.4) is 0 Å². The van der Waals surface area contributed by atoms with Gasteiger partial charge in [0, 0.05) is 42.7 Å². The minimum atomic E-state index is 0.261. The quantitative estimate of drug-likeness (QED) is 0.862. The third kappa shape index (κ3) is 3.96. The second-order valence-corrected chi connectivity index (χ2v) is 7.46. The highest BCUT2D eigenvalue weighted by molar-refractivity contribution is 7.11. The van der Waals surface area contributed by atoms with Crippen LogP contribution in [0.25, 0.3) is 0 Å². The van der Waals surface area contributed by atoms with Gasteiger partial charge in [-0.1, -0.05) is 0 Å². The van der Waals surface area contributed by atoms with Crippen LogP contribution in [0, 0.1) is 13.8 Å². The van der Waals surface area contributed by atoms with Crippen LogP contribution in [-0.4, -0.2) is 33.9 Å². The van der Waals surface area contributed by atoms with E-state index in [0.717, 1.165) is 38.0 Å². The highest BCUT2D eigenvalue weighted by Crippen LogP contribution is 2.31. The van der Waals surface area contributed by atoms with Crippen LogP contribution in [0.1, 0.15) is 46.3 Å². The Morgan fingerprint density at radius 3 is 2.83 bits per heavy atom. The number of aryl methyl sites for hydroxylation is 3. The average molecular weight is 329 g/mol. The zero-order valence-corrected chi connectivity index (χ0v) is 14.6. The molecule has 0 N–H and O–H groups in total. The van der Waals surface area contributed by atoms with Gasteiger partial charge in [-0.15, -0.1) is 11.3 Å². The first-order chi connectivity index (χ1) is 11.1. The van der Waals surface area contributed by atoms with Crippen LogP contribution >= 0.6 is 11.3 Å². The molecule has 0 spiro atoms. The number of amides is 1. The summed E-state index contributed by atoms with van der Waals surface area (Å²) < 4.78 is 0. The summed E-state index contributed by atoms with van der Waals surface area (Å²) in [5.41, 5.74) is 2.30. The molecule has 1 fully saturated rings. The molecule has 0 bridgehead atoms. The van der Waals surface area contributed by atoms with Crippen LogP contribution < -0.4 is 0 Å². The molecule has 3 heterocycles. The topological polar surface area (TPSA) is 46.1 Å². The Morgan fingerprint density at radius 2 is 2.13 bits per heavy atom. The Bertz CT molecular complexity index is 649. The summed E-state index contributed by atoms with van der Waals surface area (Å²) >= 11 is 1.79. The number of carbonyl (C=O) groups is 1. The van der Waals surface area contributed by atoms with E-state index in [9.17, 15) is 4.79 Å². The number of piperidine rings is 1. The Morgan fingerprint density at radius 1 is 1.35 bits per heavy atom. The summed E-state index contributed by atoms with van der Waals surface area (Å²) in [5, 5.41) is 1.20. The Balaban J connectivity index is 1.58. The molecule has 0 aliphatic carbocycles. The monoisotopic (exact) mass is 329 g/mol. The summed E-state index contributed by atoms with van der Waals surface area (Å²) in [6.07, 6.45) is 7.14. The standard InChI is InChI=1S/C18H23N3OS/c1-13-14(2)23-18(20-13)16-4-3-11-21(12-16)17(22)6-5-15-7-9-19-10-8-15/h7-10,16H,3-6,11-12H2,1-2H3. The molecule has 2 aromatic heterocycles. The lowest BCUT2D eigenvalue weighted by molar-refractivity contribution is -0.132. The fourth-order valence-electron chi connectivity index (χ4n) is 3.04. The van der Waals surface area contributed by atoms with Gasteiger partial charge in [-0.2, -0.15) is 0 Å². The van der Waals surface area contributed by atoms with Gasteiger partial charge in [-0.05, 0) is 50.8 Å². The van der Waals surface area contributed by atoms with Crippen LogP contribution in [-0.2, 0) is 11.2 Å². The van der Waals surface area contributed by atoms with Crippen LogP contribution in [0.15, 0.2) is 24.5 Å². The van der Waals surface area contributed by atoms with Crippen molar-refractivity contribution in [2.75, 3.05) is 13.1 Å². The van der Waals surface area contributed by atoms with Crippen molar-refractivity contribution >= 4 is 17.2 Å². The van der Waals surface area contributed by atoms with E-state index in [4.69, 9.17) is 4.98 Å².